The first-order chi connectivity index (χ1) is 20.0. The van der Waals surface area contributed by atoms with Gasteiger partial charge in [-0.1, -0.05) is 50.2 Å². The topological polar surface area (TPSA) is 155 Å². The average Bonchev–Trinajstić information content (AvgIpc) is 3.57. The molecular weight excluding hydrogens is 560 g/mol. The van der Waals surface area contributed by atoms with Gasteiger partial charge in [0.05, 0.1) is 36.3 Å². The van der Waals surface area contributed by atoms with Crippen LogP contribution >= 0.6 is 0 Å². The summed E-state index contributed by atoms with van der Waals surface area (Å²) in [5, 5.41) is 25.3. The van der Waals surface area contributed by atoms with Crippen molar-refractivity contribution in [1.29, 1.82) is 0 Å². The van der Waals surface area contributed by atoms with Crippen LogP contribution in [0.1, 0.15) is 32.3 Å². The van der Waals surface area contributed by atoms with E-state index in [0.717, 1.165) is 5.56 Å². The molecule has 42 heavy (non-hydrogen) atoms. The quantitative estimate of drug-likeness (QED) is 0.255. The number of aliphatic hydroxyl groups excluding tert-OH is 1. The Morgan fingerprint density at radius 2 is 1.90 bits per heavy atom. The summed E-state index contributed by atoms with van der Waals surface area (Å²) in [6.45, 7) is 4.62. The second-order valence-corrected chi connectivity index (χ2v) is 13.8. The fourth-order valence-electron chi connectivity index (χ4n) is 6.02. The third kappa shape index (κ3) is 7.42. The van der Waals surface area contributed by atoms with Gasteiger partial charge in [-0.2, -0.15) is 4.31 Å². The van der Waals surface area contributed by atoms with Crippen molar-refractivity contribution in [2.24, 2.45) is 17.1 Å². The highest BCUT2D eigenvalue weighted by atomic mass is 32.2. The Morgan fingerprint density at radius 1 is 1.17 bits per heavy atom. The summed E-state index contributed by atoms with van der Waals surface area (Å²) in [5.74, 6) is -0.167. The van der Waals surface area contributed by atoms with Crippen molar-refractivity contribution in [2.45, 2.75) is 62.5 Å². The number of carboxylic acid groups (broad SMARTS) is 1. The molecule has 0 spiro atoms. The van der Waals surface area contributed by atoms with Gasteiger partial charge in [-0.3, -0.25) is 4.90 Å². The number of nitrogens with one attached hydrogen (secondary N) is 1. The zero-order valence-electron chi connectivity index (χ0n) is 24.6. The fourth-order valence-corrected chi connectivity index (χ4v) is 7.71. The molecule has 2 aromatic carbocycles. The lowest BCUT2D eigenvalue weighted by Gasteiger charge is -2.40. The number of ether oxygens (including phenoxy) is 2. The van der Waals surface area contributed by atoms with E-state index in [4.69, 9.17) is 15.2 Å². The van der Waals surface area contributed by atoms with E-state index < -0.39 is 46.0 Å². The highest BCUT2D eigenvalue weighted by Crippen LogP contribution is 2.36. The number of nitrogens with zero attached hydrogens (tertiary/aromatic N) is 2. The second kappa shape index (κ2) is 13.7. The molecule has 1 amide bonds. The molecule has 2 heterocycles. The Balaban J connectivity index is 1.72. The van der Waals surface area contributed by atoms with E-state index in [1.807, 2.05) is 44.2 Å². The highest BCUT2D eigenvalue weighted by molar-refractivity contribution is 7.89. The largest absolute Gasteiger partial charge is 0.465 e. The van der Waals surface area contributed by atoms with Gasteiger partial charge in [0, 0.05) is 31.7 Å². The summed E-state index contributed by atoms with van der Waals surface area (Å²) in [5.41, 5.74) is 6.80. The van der Waals surface area contributed by atoms with Gasteiger partial charge >= 0.3 is 6.09 Å². The highest BCUT2D eigenvalue weighted by Gasteiger charge is 2.49. The SMILES string of the molecule is CNc1cccc(S(=O)(=O)N(C[C@@H](O)[C@H](Cc2ccccc2)N(C(=O)O)[C@H]2CO[C@H]3OCC[C@H]32)CC(C)(C)CCN)c1. The maximum Gasteiger partial charge on any atom is 0.407 e. The molecule has 4 rings (SSSR count). The lowest BCUT2D eigenvalue weighted by Crippen LogP contribution is -2.58. The molecule has 232 valence electrons. The predicted octanol–water partition coefficient (Wildman–Crippen LogP) is 2.81. The van der Waals surface area contributed by atoms with Crippen molar-refractivity contribution in [3.8, 4) is 0 Å². The summed E-state index contributed by atoms with van der Waals surface area (Å²) < 4.78 is 40.9. The molecule has 2 saturated heterocycles. The zero-order chi connectivity index (χ0) is 30.5. The second-order valence-electron chi connectivity index (χ2n) is 11.9. The molecule has 0 aromatic heterocycles. The molecule has 11 nitrogen and oxygen atoms in total. The van der Waals surface area contributed by atoms with Crippen LogP contribution in [0.4, 0.5) is 10.5 Å². The van der Waals surface area contributed by atoms with Gasteiger partial charge in [-0.15, -0.1) is 0 Å². The van der Waals surface area contributed by atoms with Gasteiger partial charge in [-0.25, -0.2) is 13.2 Å². The van der Waals surface area contributed by atoms with E-state index in [1.165, 1.54) is 15.3 Å². The summed E-state index contributed by atoms with van der Waals surface area (Å²) in [6, 6.07) is 14.3. The van der Waals surface area contributed by atoms with Crippen molar-refractivity contribution < 1.29 is 32.9 Å². The minimum atomic E-state index is -4.08. The maximum atomic E-state index is 14.1. The van der Waals surface area contributed by atoms with Crippen molar-refractivity contribution in [2.75, 3.05) is 45.2 Å². The molecule has 2 fully saturated rings. The Kier molecular flexibility index (Phi) is 10.5. The minimum absolute atomic E-state index is 0.0786. The number of amides is 1. The summed E-state index contributed by atoms with van der Waals surface area (Å²) >= 11 is 0. The van der Waals surface area contributed by atoms with Crippen LogP contribution in [0.2, 0.25) is 0 Å². The van der Waals surface area contributed by atoms with E-state index in [1.54, 1.807) is 25.2 Å². The van der Waals surface area contributed by atoms with Crippen molar-refractivity contribution in [3.05, 3.63) is 60.2 Å². The van der Waals surface area contributed by atoms with Gasteiger partial charge in [-0.05, 0) is 55.0 Å². The Hall–Kier alpha value is -2.74. The molecule has 0 saturated carbocycles. The zero-order valence-corrected chi connectivity index (χ0v) is 25.4. The molecule has 5 N–H and O–H groups in total. The van der Waals surface area contributed by atoms with Crippen LogP contribution in [-0.4, -0.2) is 98.3 Å². The van der Waals surface area contributed by atoms with E-state index >= 15 is 0 Å². The number of hydrogen-bond acceptors (Lipinski definition) is 8. The number of hydrogen-bond donors (Lipinski definition) is 4. The van der Waals surface area contributed by atoms with Gasteiger partial charge < -0.3 is 30.7 Å². The van der Waals surface area contributed by atoms with Crippen LogP contribution in [0.25, 0.3) is 0 Å². The van der Waals surface area contributed by atoms with Crippen molar-refractivity contribution in [3.63, 3.8) is 0 Å². The lowest BCUT2D eigenvalue weighted by atomic mass is 9.89. The summed E-state index contributed by atoms with van der Waals surface area (Å²) in [6.07, 6.45) is -1.64. The summed E-state index contributed by atoms with van der Waals surface area (Å²) in [4.78, 5) is 14.2. The van der Waals surface area contributed by atoms with Crippen LogP contribution in [-0.2, 0) is 25.9 Å². The van der Waals surface area contributed by atoms with Gasteiger partial charge in [0.2, 0.25) is 10.0 Å². The van der Waals surface area contributed by atoms with Crippen LogP contribution in [0, 0.1) is 11.3 Å². The number of fused-ring (bicyclic) bond motifs is 1. The number of benzene rings is 2. The first kappa shape index (κ1) is 32.2. The van der Waals surface area contributed by atoms with E-state index in [-0.39, 0.29) is 36.9 Å². The number of carbonyl (C=O) groups is 1. The molecule has 0 radical (unpaired) electrons. The molecule has 0 unspecified atom stereocenters. The average molecular weight is 605 g/mol. The number of nitrogens with two attached hydrogens (primary N) is 1. The fraction of sp³-hybridized carbons (Fsp3) is 0.567. The Bertz CT molecular complexity index is 1290. The molecular formula is C30H44N4O7S. The normalized spacial score (nSPS) is 22.1. The lowest BCUT2D eigenvalue weighted by molar-refractivity contribution is -0.0906. The van der Waals surface area contributed by atoms with Crippen molar-refractivity contribution >= 4 is 21.8 Å². The van der Waals surface area contributed by atoms with E-state index in [0.29, 0.717) is 31.7 Å². The standard InChI is InChI=1S/C30H44N4O7S/c1-30(2,13-14-31)20-33(42(38,39)23-11-7-10-22(17-23)32-3)18-27(35)25(16-21-8-5-4-6-9-21)34(29(36)37)26-19-41-28-24(26)12-15-40-28/h4-11,17,24-28,32,35H,12-16,18-20,31H2,1-3H3,(H,36,37)/t24-,25-,26-,27+,28+/m0/s1. The van der Waals surface area contributed by atoms with Gasteiger partial charge in [0.25, 0.3) is 0 Å². The first-order valence-corrected chi connectivity index (χ1v) is 15.9. The molecule has 0 bridgehead atoms. The monoisotopic (exact) mass is 604 g/mol. The molecule has 0 aliphatic carbocycles. The third-order valence-electron chi connectivity index (χ3n) is 8.25. The number of rotatable bonds is 14. The maximum absolute atomic E-state index is 14.1. The van der Waals surface area contributed by atoms with E-state index in [9.17, 15) is 23.4 Å². The molecule has 2 aliphatic rings. The number of aliphatic hydroxyl groups is 1. The number of sulfonamides is 1. The molecule has 2 aliphatic heterocycles. The van der Waals surface area contributed by atoms with Gasteiger partial charge in [0.1, 0.15) is 0 Å². The van der Waals surface area contributed by atoms with E-state index in [2.05, 4.69) is 5.32 Å². The molecule has 12 heteroatoms. The predicted molar refractivity (Wildman–Crippen MR) is 160 cm³/mol. The molecule has 5 atom stereocenters. The Morgan fingerprint density at radius 3 is 2.57 bits per heavy atom. The third-order valence-corrected chi connectivity index (χ3v) is 10.1. The van der Waals surface area contributed by atoms with Crippen LogP contribution in [0.5, 0.6) is 0 Å². The Labute approximate surface area is 248 Å². The van der Waals surface area contributed by atoms with Crippen LogP contribution in [0.3, 0.4) is 0 Å². The van der Waals surface area contributed by atoms with Crippen LogP contribution in [0.15, 0.2) is 59.5 Å². The van der Waals surface area contributed by atoms with Crippen LogP contribution < -0.4 is 11.1 Å². The number of anilines is 1. The smallest absolute Gasteiger partial charge is 0.407 e. The summed E-state index contributed by atoms with van der Waals surface area (Å²) in [7, 11) is -2.38. The first-order valence-electron chi connectivity index (χ1n) is 14.4. The molecule has 2 aromatic rings. The van der Waals surface area contributed by atoms with Gasteiger partial charge in [0.15, 0.2) is 6.29 Å². The van der Waals surface area contributed by atoms with Crippen molar-refractivity contribution in [1.82, 2.24) is 9.21 Å². The minimum Gasteiger partial charge on any atom is -0.465 e.